The van der Waals surface area contributed by atoms with Crippen LogP contribution in [-0.4, -0.2) is 54.1 Å². The normalized spacial score (nSPS) is 23.8. The molecule has 42 heavy (non-hydrogen) atoms. The standard InChI is InChI=1S/C31H28BF2N5O3/c32-26-22(33)11-18(12-23(26)34)24-15-36-31(7-1-2-8-31)29(42)39(24)16-25(40)37-20-6-5-17-13-30(14-19(17)10-20)21-4-3-9-35-27(21)38-28(30)41/h3-6,9-12,24,36H,1-2,7-8,13-16H2,(H,37,40)(H,35,38,41)/t24-,30+/m0/s1. The van der Waals surface area contributed by atoms with Crippen molar-refractivity contribution < 1.29 is 23.2 Å². The Morgan fingerprint density at radius 2 is 1.81 bits per heavy atom. The fourth-order valence-corrected chi connectivity index (χ4v) is 7.24. The van der Waals surface area contributed by atoms with Gasteiger partial charge in [-0.1, -0.05) is 25.0 Å². The van der Waals surface area contributed by atoms with Crippen LogP contribution in [0.1, 0.15) is 54.0 Å². The summed E-state index contributed by atoms with van der Waals surface area (Å²) in [6, 6.07) is 10.8. The van der Waals surface area contributed by atoms with E-state index in [2.05, 4.69) is 20.9 Å². The summed E-state index contributed by atoms with van der Waals surface area (Å²) in [7, 11) is 5.48. The second-order valence-electron chi connectivity index (χ2n) is 11.8. The summed E-state index contributed by atoms with van der Waals surface area (Å²) >= 11 is 0. The van der Waals surface area contributed by atoms with Crippen LogP contribution in [0.25, 0.3) is 0 Å². The summed E-state index contributed by atoms with van der Waals surface area (Å²) in [4.78, 5) is 46.0. The smallest absolute Gasteiger partial charge is 0.244 e. The van der Waals surface area contributed by atoms with E-state index < -0.39 is 40.0 Å². The fraction of sp³-hybridized carbons (Fsp3) is 0.355. The van der Waals surface area contributed by atoms with Crippen molar-refractivity contribution >= 4 is 42.5 Å². The molecule has 7 rings (SSSR count). The lowest BCUT2D eigenvalue weighted by Gasteiger charge is -2.45. The Bertz CT molecular complexity index is 1640. The SMILES string of the molecule is [B]c1c(F)cc([C@@H]2CNC3(CCCC3)C(=O)N2CC(=O)Nc2ccc3c(c2)C[C@@]2(C3)C(=O)Nc3ncccc32)cc1F. The molecule has 1 aromatic heterocycles. The number of benzene rings is 2. The first kappa shape index (κ1) is 26.8. The number of carbonyl (C=O) groups is 3. The molecule has 2 aliphatic carbocycles. The topological polar surface area (TPSA) is 103 Å². The highest BCUT2D eigenvalue weighted by Crippen LogP contribution is 2.47. The van der Waals surface area contributed by atoms with Crippen molar-refractivity contribution in [1.82, 2.24) is 15.2 Å². The average Bonchev–Trinajstić information content (AvgIpc) is 3.67. The molecule has 3 aromatic rings. The molecule has 1 saturated carbocycles. The lowest BCUT2D eigenvalue weighted by Crippen LogP contribution is -2.64. The van der Waals surface area contributed by atoms with Gasteiger partial charge in [0.15, 0.2) is 0 Å². The van der Waals surface area contributed by atoms with E-state index in [-0.39, 0.29) is 30.5 Å². The molecule has 8 nitrogen and oxygen atoms in total. The van der Waals surface area contributed by atoms with Gasteiger partial charge in [-0.2, -0.15) is 0 Å². The molecule has 212 valence electrons. The highest BCUT2D eigenvalue weighted by molar-refractivity contribution is 6.32. The molecule has 4 aliphatic rings. The third kappa shape index (κ3) is 4.13. The Morgan fingerprint density at radius 1 is 1.07 bits per heavy atom. The first-order chi connectivity index (χ1) is 20.2. The van der Waals surface area contributed by atoms with Crippen molar-refractivity contribution in [3.05, 3.63) is 82.5 Å². The average molecular weight is 567 g/mol. The van der Waals surface area contributed by atoms with Crippen molar-refractivity contribution in [2.24, 2.45) is 0 Å². The number of rotatable bonds is 4. The molecule has 3 amide bonds. The maximum absolute atomic E-state index is 14.4. The van der Waals surface area contributed by atoms with Gasteiger partial charge in [0.1, 0.15) is 31.8 Å². The van der Waals surface area contributed by atoms with E-state index >= 15 is 0 Å². The Morgan fingerprint density at radius 3 is 2.57 bits per heavy atom. The van der Waals surface area contributed by atoms with Crippen LogP contribution in [-0.2, 0) is 32.6 Å². The van der Waals surface area contributed by atoms with Gasteiger partial charge in [-0.15, -0.1) is 0 Å². The summed E-state index contributed by atoms with van der Waals surface area (Å²) in [6.45, 7) is -0.0375. The number of nitrogens with one attached hydrogen (secondary N) is 3. The molecular formula is C31H28BF2N5O3. The maximum atomic E-state index is 14.4. The van der Waals surface area contributed by atoms with E-state index in [0.717, 1.165) is 41.7 Å². The number of fused-ring (bicyclic) bond motifs is 3. The summed E-state index contributed by atoms with van der Waals surface area (Å²) < 4.78 is 28.8. The molecule has 0 unspecified atom stereocenters. The van der Waals surface area contributed by atoms with E-state index in [1.807, 2.05) is 24.3 Å². The van der Waals surface area contributed by atoms with E-state index in [0.29, 0.717) is 37.2 Å². The highest BCUT2D eigenvalue weighted by Gasteiger charge is 2.51. The molecule has 2 radical (unpaired) electrons. The van der Waals surface area contributed by atoms with Gasteiger partial charge in [0.05, 0.1) is 17.0 Å². The van der Waals surface area contributed by atoms with E-state index in [1.165, 1.54) is 4.90 Å². The number of amides is 3. The monoisotopic (exact) mass is 567 g/mol. The number of hydrogen-bond donors (Lipinski definition) is 3. The van der Waals surface area contributed by atoms with Crippen LogP contribution < -0.4 is 21.4 Å². The predicted molar refractivity (Wildman–Crippen MR) is 152 cm³/mol. The van der Waals surface area contributed by atoms with Crippen LogP contribution in [0.2, 0.25) is 0 Å². The maximum Gasteiger partial charge on any atom is 0.244 e. The molecule has 3 N–H and O–H groups in total. The fourth-order valence-electron chi connectivity index (χ4n) is 7.24. The van der Waals surface area contributed by atoms with E-state index in [9.17, 15) is 23.2 Å². The van der Waals surface area contributed by atoms with Crippen LogP contribution in [0.15, 0.2) is 48.7 Å². The van der Waals surface area contributed by atoms with Crippen LogP contribution in [0.4, 0.5) is 20.3 Å². The zero-order valence-corrected chi connectivity index (χ0v) is 22.8. The summed E-state index contributed by atoms with van der Waals surface area (Å²) in [5, 5.41) is 9.12. The molecule has 2 spiro atoms. The van der Waals surface area contributed by atoms with Crippen molar-refractivity contribution in [3.8, 4) is 0 Å². The Kier molecular flexibility index (Phi) is 6.20. The highest BCUT2D eigenvalue weighted by atomic mass is 19.1. The first-order valence-electron chi connectivity index (χ1n) is 14.2. The van der Waals surface area contributed by atoms with Gasteiger partial charge in [0.2, 0.25) is 17.7 Å². The molecule has 2 aromatic carbocycles. The summed E-state index contributed by atoms with van der Waals surface area (Å²) in [5.41, 5.74) is 1.52. The molecule has 1 saturated heterocycles. The molecular weight excluding hydrogens is 539 g/mol. The van der Waals surface area contributed by atoms with Gasteiger partial charge < -0.3 is 20.9 Å². The quantitative estimate of drug-likeness (QED) is 0.421. The molecule has 2 atom stereocenters. The summed E-state index contributed by atoms with van der Waals surface area (Å²) in [6.07, 6.45) is 5.70. The number of aromatic nitrogens is 1. The first-order valence-corrected chi connectivity index (χ1v) is 14.2. The zero-order valence-electron chi connectivity index (χ0n) is 22.8. The van der Waals surface area contributed by atoms with E-state index in [4.69, 9.17) is 7.85 Å². The number of piperazine rings is 1. The second-order valence-corrected chi connectivity index (χ2v) is 11.8. The Balaban J connectivity index is 1.13. The minimum Gasteiger partial charge on any atom is -0.325 e. The lowest BCUT2D eigenvalue weighted by molar-refractivity contribution is -0.147. The second kappa shape index (κ2) is 9.73. The van der Waals surface area contributed by atoms with Crippen molar-refractivity contribution in [2.45, 2.75) is 55.5 Å². The van der Waals surface area contributed by atoms with Crippen molar-refractivity contribution in [2.75, 3.05) is 23.7 Å². The minimum absolute atomic E-state index is 0.0855. The van der Waals surface area contributed by atoms with Crippen molar-refractivity contribution in [1.29, 1.82) is 0 Å². The number of halogens is 2. The number of anilines is 2. The third-order valence-corrected chi connectivity index (χ3v) is 9.40. The van der Waals surface area contributed by atoms with Crippen LogP contribution in [0.5, 0.6) is 0 Å². The van der Waals surface area contributed by atoms with Gasteiger partial charge in [-0.05, 0) is 78.2 Å². The van der Waals surface area contributed by atoms with Crippen LogP contribution in [0.3, 0.4) is 0 Å². The van der Waals surface area contributed by atoms with E-state index in [1.54, 1.807) is 12.3 Å². The number of hydrogen-bond acceptors (Lipinski definition) is 5. The predicted octanol–water partition coefficient (Wildman–Crippen LogP) is 2.57. The molecule has 2 fully saturated rings. The number of nitrogens with zero attached hydrogens (tertiary/aromatic N) is 2. The number of pyridine rings is 1. The lowest BCUT2D eigenvalue weighted by atomic mass is 9.79. The Labute approximate surface area is 242 Å². The van der Waals surface area contributed by atoms with Crippen molar-refractivity contribution in [3.63, 3.8) is 0 Å². The minimum atomic E-state index is -0.909. The van der Waals surface area contributed by atoms with Gasteiger partial charge in [0, 0.05) is 24.0 Å². The molecule has 0 bridgehead atoms. The van der Waals surface area contributed by atoms with Gasteiger partial charge >= 0.3 is 0 Å². The Hall–Kier alpha value is -4.12. The molecule has 3 heterocycles. The summed E-state index contributed by atoms with van der Waals surface area (Å²) in [5.74, 6) is -2.00. The van der Waals surface area contributed by atoms with Gasteiger partial charge in [0.25, 0.3) is 0 Å². The van der Waals surface area contributed by atoms with Crippen LogP contribution >= 0.6 is 0 Å². The van der Waals surface area contributed by atoms with Gasteiger partial charge in [-0.25, -0.2) is 13.8 Å². The largest absolute Gasteiger partial charge is 0.325 e. The zero-order chi connectivity index (χ0) is 29.2. The van der Waals surface area contributed by atoms with Gasteiger partial charge in [-0.3, -0.25) is 14.4 Å². The van der Waals surface area contributed by atoms with Crippen LogP contribution in [0, 0.1) is 11.6 Å². The number of carbonyl (C=O) groups excluding carboxylic acids is 3. The third-order valence-electron chi connectivity index (χ3n) is 9.40. The molecule has 2 aliphatic heterocycles. The molecule has 11 heteroatoms.